The molecule has 0 nitrogen and oxygen atoms in total. The lowest BCUT2D eigenvalue weighted by molar-refractivity contribution is 0.681. The van der Waals surface area contributed by atoms with Crippen LogP contribution in [0.1, 0.15) is 47.9 Å². The Hall–Kier alpha value is -3.22. The third-order valence-corrected chi connectivity index (χ3v) is 12.3. The molecule has 8 rings (SSSR count). The van der Waals surface area contributed by atoms with Gasteiger partial charge in [-0.25, -0.2) is 0 Å². The number of benzene rings is 6. The summed E-state index contributed by atoms with van der Waals surface area (Å²) >= 11 is 5.40. The Morgan fingerprint density at radius 3 is 1.07 bits per heavy atom. The largest absolute Gasteiger partial charge is 0.0622 e. The number of rotatable bonds is 5. The molecule has 0 radical (unpaired) electrons. The van der Waals surface area contributed by atoms with Crippen molar-refractivity contribution in [3.63, 3.8) is 0 Å². The Morgan fingerprint density at radius 1 is 0.348 bits per heavy atom. The summed E-state index contributed by atoms with van der Waals surface area (Å²) in [7, 11) is 0. The lowest BCUT2D eigenvalue weighted by atomic mass is 9.78. The molecule has 0 N–H and O–H groups in total. The molecule has 0 aliphatic heterocycles. The molecule has 6 aromatic carbocycles. The van der Waals surface area contributed by atoms with Crippen molar-refractivity contribution in [3.05, 3.63) is 151 Å². The van der Waals surface area contributed by atoms with E-state index in [1.807, 2.05) is 0 Å². The van der Waals surface area contributed by atoms with Crippen LogP contribution in [-0.2, 0) is 25.7 Å². The Kier molecular flexibility index (Phi) is 8.59. The first-order valence-electron chi connectivity index (χ1n) is 16.7. The van der Waals surface area contributed by atoms with Crippen LogP contribution in [-0.4, -0.2) is 0 Å². The Labute approximate surface area is 300 Å². The fourth-order valence-corrected chi connectivity index (χ4v) is 9.77. The molecule has 2 aliphatic rings. The zero-order valence-electron chi connectivity index (χ0n) is 26.0. The minimum absolute atomic E-state index is 1.17. The van der Waals surface area contributed by atoms with Crippen LogP contribution in [0.4, 0.5) is 0 Å². The highest BCUT2D eigenvalue weighted by molar-refractivity contribution is 14.1. The lowest BCUT2D eigenvalue weighted by Crippen LogP contribution is -2.12. The molecule has 0 saturated carbocycles. The maximum atomic E-state index is 2.70. The van der Waals surface area contributed by atoms with Crippen molar-refractivity contribution in [1.29, 1.82) is 0 Å². The quantitative estimate of drug-likeness (QED) is 0.152. The van der Waals surface area contributed by atoms with Crippen molar-refractivity contribution in [2.45, 2.75) is 51.4 Å². The lowest BCUT2D eigenvalue weighted by Gasteiger charge is -2.29. The van der Waals surface area contributed by atoms with Crippen LogP contribution in [0.2, 0.25) is 0 Å². The van der Waals surface area contributed by atoms with Crippen LogP contribution in [0.3, 0.4) is 0 Å². The van der Waals surface area contributed by atoms with E-state index in [2.05, 4.69) is 167 Å². The number of hydrogen-bond donors (Lipinski definition) is 0. The Morgan fingerprint density at radius 2 is 0.674 bits per heavy atom. The van der Waals surface area contributed by atoms with Gasteiger partial charge in [-0.3, -0.25) is 0 Å². The van der Waals surface area contributed by atoms with Crippen molar-refractivity contribution < 1.29 is 0 Å². The second-order valence-corrected chi connectivity index (χ2v) is 15.0. The molecule has 0 heterocycles. The smallest absolute Gasteiger partial charge is 0.0290 e. The van der Waals surface area contributed by atoms with Gasteiger partial charge in [-0.05, 0) is 175 Å². The van der Waals surface area contributed by atoms with Crippen LogP contribution < -0.4 is 0 Å². The molecule has 46 heavy (non-hydrogen) atoms. The van der Waals surface area contributed by atoms with Gasteiger partial charge in [-0.2, -0.15) is 0 Å². The van der Waals surface area contributed by atoms with Crippen molar-refractivity contribution in [3.8, 4) is 55.6 Å². The van der Waals surface area contributed by atoms with Crippen molar-refractivity contribution in [2.75, 3.05) is 0 Å². The summed E-state index contributed by atoms with van der Waals surface area (Å²) in [6.07, 6.45) is 9.82. The summed E-state index contributed by atoms with van der Waals surface area (Å²) < 4.78 is 2.82. The molecule has 0 unspecified atom stereocenters. The van der Waals surface area contributed by atoms with Crippen LogP contribution >= 0.6 is 45.2 Å². The van der Waals surface area contributed by atoms with E-state index in [9.17, 15) is 0 Å². The van der Waals surface area contributed by atoms with Crippen LogP contribution in [0.5, 0.6) is 0 Å². The number of aryl methyl sites for hydroxylation is 2. The normalized spacial score (nSPS) is 14.0. The van der Waals surface area contributed by atoms with Gasteiger partial charge in [0.15, 0.2) is 0 Å². The Bertz CT molecular complexity index is 1870. The molecule has 0 fully saturated rings. The van der Waals surface area contributed by atoms with E-state index in [-0.39, 0.29) is 0 Å². The van der Waals surface area contributed by atoms with Crippen molar-refractivity contribution >= 4 is 45.2 Å². The monoisotopic (exact) mass is 818 g/mol. The molecule has 226 valence electrons. The zero-order chi connectivity index (χ0) is 31.0. The highest BCUT2D eigenvalue weighted by atomic mass is 127. The predicted molar refractivity (Wildman–Crippen MR) is 212 cm³/mol. The molecule has 2 heteroatoms. The van der Waals surface area contributed by atoms with Gasteiger partial charge in [0.2, 0.25) is 0 Å². The summed E-state index contributed by atoms with van der Waals surface area (Å²) in [6, 6.07) is 45.0. The maximum Gasteiger partial charge on any atom is 0.0290 e. The summed E-state index contributed by atoms with van der Waals surface area (Å²) in [6.45, 7) is 0. The van der Waals surface area contributed by atoms with Gasteiger partial charge in [-0.1, -0.05) is 109 Å². The molecule has 0 amide bonds. The van der Waals surface area contributed by atoms with E-state index in [0.717, 1.165) is 0 Å². The first kappa shape index (κ1) is 30.1. The molecule has 6 aromatic rings. The van der Waals surface area contributed by atoms with Gasteiger partial charge in [0.05, 0.1) is 0 Å². The average Bonchev–Trinajstić information content (AvgIpc) is 3.13. The summed E-state index contributed by atoms with van der Waals surface area (Å²) in [5, 5.41) is 0. The molecular formula is C44H36I2. The molecule has 0 saturated heterocycles. The standard InChI is InChI=1S/C44H36I2/c45-43-39(33-23-19-31(20-24-33)29-11-3-1-4-12-29)27-35-15-7-9-17-37(35)41(43)42-38-18-10-8-16-36(38)28-40(44(42)46)34-25-21-32(22-26-34)30-13-5-2-6-14-30/h1-6,11-14,19-28H,7-10,15-18H2. The fraction of sp³-hybridized carbons (Fsp3) is 0.182. The zero-order valence-corrected chi connectivity index (χ0v) is 30.3. The van der Waals surface area contributed by atoms with Gasteiger partial charge in [0, 0.05) is 18.3 Å². The number of fused-ring (bicyclic) bond motifs is 2. The first-order chi connectivity index (χ1) is 22.7. The highest BCUT2D eigenvalue weighted by Gasteiger charge is 2.28. The van der Waals surface area contributed by atoms with E-state index in [1.54, 1.807) is 22.3 Å². The van der Waals surface area contributed by atoms with Gasteiger partial charge < -0.3 is 0 Å². The van der Waals surface area contributed by atoms with E-state index in [0.29, 0.717) is 0 Å². The second-order valence-electron chi connectivity index (χ2n) is 12.8. The SMILES string of the molecule is Ic1c(-c2ccc(-c3ccccc3)cc2)cc2c(c1-c1c(I)c(-c3ccc(-c4ccccc4)cc3)cc3c1CCCC3)CCCC2. The van der Waals surface area contributed by atoms with Crippen molar-refractivity contribution in [1.82, 2.24) is 0 Å². The Balaban J connectivity index is 1.30. The molecular weight excluding hydrogens is 782 g/mol. The number of hydrogen-bond acceptors (Lipinski definition) is 0. The minimum atomic E-state index is 1.17. The van der Waals surface area contributed by atoms with E-state index in [1.165, 1.54) is 114 Å². The van der Waals surface area contributed by atoms with Crippen LogP contribution in [0, 0.1) is 7.14 Å². The van der Waals surface area contributed by atoms with Gasteiger partial charge in [0.1, 0.15) is 0 Å². The summed E-state index contributed by atoms with van der Waals surface area (Å²) in [5.74, 6) is 0. The molecule has 2 aliphatic carbocycles. The third kappa shape index (κ3) is 5.66. The fourth-order valence-electron chi connectivity index (χ4n) is 7.64. The van der Waals surface area contributed by atoms with E-state index in [4.69, 9.17) is 0 Å². The molecule has 0 bridgehead atoms. The molecule has 0 aromatic heterocycles. The minimum Gasteiger partial charge on any atom is -0.0622 e. The average molecular weight is 819 g/mol. The van der Waals surface area contributed by atoms with Gasteiger partial charge >= 0.3 is 0 Å². The van der Waals surface area contributed by atoms with E-state index < -0.39 is 0 Å². The van der Waals surface area contributed by atoms with Gasteiger partial charge in [0.25, 0.3) is 0 Å². The van der Waals surface area contributed by atoms with Crippen molar-refractivity contribution in [2.24, 2.45) is 0 Å². The third-order valence-electron chi connectivity index (χ3n) is 10.0. The van der Waals surface area contributed by atoms with Crippen LogP contribution in [0.15, 0.2) is 121 Å². The first-order valence-corrected chi connectivity index (χ1v) is 18.8. The summed E-state index contributed by atoms with van der Waals surface area (Å²) in [5.41, 5.74) is 19.8. The highest BCUT2D eigenvalue weighted by Crippen LogP contribution is 2.48. The predicted octanol–water partition coefficient (Wildman–Crippen LogP) is 13.0. The second kappa shape index (κ2) is 13.1. The van der Waals surface area contributed by atoms with Crippen LogP contribution in [0.25, 0.3) is 55.6 Å². The topological polar surface area (TPSA) is 0 Å². The maximum absolute atomic E-state index is 2.70. The van der Waals surface area contributed by atoms with Gasteiger partial charge in [-0.15, -0.1) is 0 Å². The molecule has 0 atom stereocenters. The number of halogens is 2. The van der Waals surface area contributed by atoms with E-state index >= 15 is 0 Å². The summed E-state index contributed by atoms with van der Waals surface area (Å²) in [4.78, 5) is 0. The molecule has 0 spiro atoms.